The van der Waals surface area contributed by atoms with E-state index >= 15 is 0 Å². The summed E-state index contributed by atoms with van der Waals surface area (Å²) in [6.07, 6.45) is 0. The van der Waals surface area contributed by atoms with Gasteiger partial charge < -0.3 is 4.90 Å². The van der Waals surface area contributed by atoms with E-state index in [0.717, 1.165) is 0 Å². The van der Waals surface area contributed by atoms with Gasteiger partial charge >= 0.3 is 0 Å². The molecule has 3 heteroatoms. The lowest BCUT2D eigenvalue weighted by Crippen LogP contribution is -3.09. The summed E-state index contributed by atoms with van der Waals surface area (Å²) in [6, 6.07) is 21.3. The first kappa shape index (κ1) is 15.5. The second kappa shape index (κ2) is 9.11. The molecule has 1 nitrogen and oxygen atoms in total. The van der Waals surface area contributed by atoms with Crippen LogP contribution in [0, 0.1) is 0 Å². The van der Waals surface area contributed by atoms with E-state index in [0.29, 0.717) is 0 Å². The van der Waals surface area contributed by atoms with E-state index in [4.69, 9.17) is 0 Å². The molecule has 0 aliphatic heterocycles. The van der Waals surface area contributed by atoms with Gasteiger partial charge in [-0.15, -0.1) is 23.5 Å². The molecule has 0 aliphatic carbocycles. The molecule has 1 N–H and O–H groups in total. The molecule has 0 saturated heterocycles. The summed E-state index contributed by atoms with van der Waals surface area (Å²) in [5.41, 5.74) is 0. The first-order valence-electron chi connectivity index (χ1n) is 7.01. The van der Waals surface area contributed by atoms with E-state index in [-0.39, 0.29) is 0 Å². The minimum Gasteiger partial charge on any atom is -0.336 e. The third-order valence-corrected chi connectivity index (χ3v) is 5.11. The predicted molar refractivity (Wildman–Crippen MR) is 91.0 cm³/mol. The van der Waals surface area contributed by atoms with E-state index in [2.05, 4.69) is 67.7 Å². The lowest BCUT2D eigenvalue weighted by atomic mass is 10.4. The zero-order valence-corrected chi connectivity index (χ0v) is 13.6. The van der Waals surface area contributed by atoms with Gasteiger partial charge in [0.2, 0.25) is 0 Å². The molecule has 2 aromatic rings. The van der Waals surface area contributed by atoms with Gasteiger partial charge in [0.1, 0.15) is 0 Å². The fourth-order valence-electron chi connectivity index (χ4n) is 1.84. The summed E-state index contributed by atoms with van der Waals surface area (Å²) in [4.78, 5) is 4.36. The molecule has 0 radical (unpaired) electrons. The van der Waals surface area contributed by atoms with Gasteiger partial charge in [0.15, 0.2) is 0 Å². The molecule has 0 aliphatic rings. The largest absolute Gasteiger partial charge is 0.336 e. The maximum absolute atomic E-state index is 2.29. The van der Waals surface area contributed by atoms with Crippen molar-refractivity contribution < 1.29 is 4.90 Å². The molecule has 0 aromatic heterocycles. The first-order chi connectivity index (χ1) is 9.84. The maximum Gasteiger partial charge on any atom is 0.0864 e. The summed E-state index contributed by atoms with van der Waals surface area (Å²) in [5.74, 6) is 2.37. The predicted octanol–water partition coefficient (Wildman–Crippen LogP) is 3.09. The van der Waals surface area contributed by atoms with E-state index < -0.39 is 0 Å². The standard InChI is InChI=1S/C17H21NS2/c1-18(12-14-19-16-8-4-2-5-9-16)13-15-20-17-10-6-3-7-11-17/h2-11H,12-15H2,1H3/p+1. The highest BCUT2D eigenvalue weighted by molar-refractivity contribution is 7.99. The summed E-state index contributed by atoms with van der Waals surface area (Å²) in [5, 5.41) is 0. The lowest BCUT2D eigenvalue weighted by Gasteiger charge is -2.13. The minimum atomic E-state index is 1.19. The zero-order chi connectivity index (χ0) is 14.0. The van der Waals surface area contributed by atoms with Crippen LogP contribution >= 0.6 is 23.5 Å². The van der Waals surface area contributed by atoms with Crippen molar-refractivity contribution in [2.75, 3.05) is 31.6 Å². The van der Waals surface area contributed by atoms with Crippen LogP contribution in [0.2, 0.25) is 0 Å². The second-order valence-corrected chi connectivity index (χ2v) is 7.12. The number of quaternary nitrogens is 1. The first-order valence-corrected chi connectivity index (χ1v) is 8.99. The molecule has 2 rings (SSSR count). The number of hydrogen-bond acceptors (Lipinski definition) is 2. The highest BCUT2D eigenvalue weighted by Gasteiger charge is 2.03. The van der Waals surface area contributed by atoms with Gasteiger partial charge in [-0.1, -0.05) is 36.4 Å². The molecule has 2 aromatic carbocycles. The second-order valence-electron chi connectivity index (χ2n) is 4.78. The van der Waals surface area contributed by atoms with Gasteiger partial charge in [-0.3, -0.25) is 0 Å². The molecule has 0 spiro atoms. The summed E-state index contributed by atoms with van der Waals surface area (Å²) in [7, 11) is 2.29. The molecule has 0 heterocycles. The highest BCUT2D eigenvalue weighted by Crippen LogP contribution is 2.16. The van der Waals surface area contributed by atoms with Crippen molar-refractivity contribution in [2.45, 2.75) is 9.79 Å². The van der Waals surface area contributed by atoms with Crippen LogP contribution in [-0.4, -0.2) is 31.6 Å². The van der Waals surface area contributed by atoms with Gasteiger partial charge in [-0.2, -0.15) is 0 Å². The minimum absolute atomic E-state index is 1.19. The summed E-state index contributed by atoms with van der Waals surface area (Å²) < 4.78 is 0. The summed E-state index contributed by atoms with van der Waals surface area (Å²) >= 11 is 3.90. The molecule has 0 atom stereocenters. The third-order valence-electron chi connectivity index (χ3n) is 3.08. The number of rotatable bonds is 8. The van der Waals surface area contributed by atoms with Gasteiger partial charge in [-0.05, 0) is 24.3 Å². The van der Waals surface area contributed by atoms with Crippen molar-refractivity contribution in [3.8, 4) is 0 Å². The highest BCUT2D eigenvalue weighted by atomic mass is 32.2. The van der Waals surface area contributed by atoms with Crippen molar-refractivity contribution in [2.24, 2.45) is 0 Å². The Morgan fingerprint density at radius 2 is 1.10 bits per heavy atom. The Labute approximate surface area is 130 Å². The van der Waals surface area contributed by atoms with Crippen molar-refractivity contribution in [1.29, 1.82) is 0 Å². The number of thioether (sulfide) groups is 2. The number of hydrogen-bond donors (Lipinski definition) is 1. The summed E-state index contributed by atoms with van der Waals surface area (Å²) in [6.45, 7) is 2.43. The molecule has 0 saturated carbocycles. The van der Waals surface area contributed by atoms with Crippen molar-refractivity contribution in [3.05, 3.63) is 60.7 Å². The number of nitrogens with one attached hydrogen (secondary N) is 1. The van der Waals surface area contributed by atoms with Crippen LogP contribution in [0.5, 0.6) is 0 Å². The topological polar surface area (TPSA) is 4.44 Å². The zero-order valence-electron chi connectivity index (χ0n) is 11.9. The van der Waals surface area contributed by atoms with Gasteiger partial charge in [-0.25, -0.2) is 0 Å². The fourth-order valence-corrected chi connectivity index (χ4v) is 3.92. The van der Waals surface area contributed by atoms with Gasteiger partial charge in [0, 0.05) is 21.3 Å². The van der Waals surface area contributed by atoms with E-state index in [1.54, 1.807) is 4.90 Å². The molecular weight excluding hydrogens is 282 g/mol. The SMILES string of the molecule is C[NH+](CCSc1ccccc1)CCSc1ccccc1. The molecule has 0 amide bonds. The van der Waals surface area contributed by atoms with E-state index in [1.807, 2.05) is 23.5 Å². The van der Waals surface area contributed by atoms with Crippen LogP contribution in [0.25, 0.3) is 0 Å². The third kappa shape index (κ3) is 6.04. The fraction of sp³-hybridized carbons (Fsp3) is 0.294. The number of benzene rings is 2. The van der Waals surface area contributed by atoms with Crippen molar-refractivity contribution in [3.63, 3.8) is 0 Å². The Balaban J connectivity index is 1.58. The maximum atomic E-state index is 2.29. The molecule has 0 bridgehead atoms. The molecule has 20 heavy (non-hydrogen) atoms. The van der Waals surface area contributed by atoms with Crippen LogP contribution < -0.4 is 4.90 Å². The van der Waals surface area contributed by atoms with Crippen LogP contribution in [0.15, 0.2) is 70.5 Å². The average molecular weight is 305 g/mol. The monoisotopic (exact) mass is 304 g/mol. The molecular formula is C17H22NS2+. The Morgan fingerprint density at radius 1 is 0.700 bits per heavy atom. The van der Waals surface area contributed by atoms with E-state index in [9.17, 15) is 0 Å². The molecule has 0 fully saturated rings. The van der Waals surface area contributed by atoms with Crippen molar-refractivity contribution >= 4 is 23.5 Å². The average Bonchev–Trinajstić information content (AvgIpc) is 2.49. The van der Waals surface area contributed by atoms with Crippen molar-refractivity contribution in [1.82, 2.24) is 0 Å². The quantitative estimate of drug-likeness (QED) is 0.747. The van der Waals surface area contributed by atoms with Gasteiger partial charge in [0.05, 0.1) is 20.1 Å². The Morgan fingerprint density at radius 3 is 1.50 bits per heavy atom. The lowest BCUT2D eigenvalue weighted by molar-refractivity contribution is -0.874. The van der Waals surface area contributed by atoms with Crippen LogP contribution in [0.1, 0.15) is 0 Å². The molecule has 106 valence electrons. The molecule has 0 unspecified atom stereocenters. The Hall–Kier alpha value is -0.900. The van der Waals surface area contributed by atoms with Crippen LogP contribution in [-0.2, 0) is 0 Å². The smallest absolute Gasteiger partial charge is 0.0864 e. The normalized spacial score (nSPS) is 10.9. The van der Waals surface area contributed by atoms with Crippen LogP contribution in [0.3, 0.4) is 0 Å². The Kier molecular flexibility index (Phi) is 7.06. The van der Waals surface area contributed by atoms with Crippen LogP contribution in [0.4, 0.5) is 0 Å². The van der Waals surface area contributed by atoms with E-state index in [1.165, 1.54) is 34.4 Å². The van der Waals surface area contributed by atoms with Gasteiger partial charge in [0.25, 0.3) is 0 Å². The Bertz CT molecular complexity index is 427.